The van der Waals surface area contributed by atoms with Gasteiger partial charge in [-0.1, -0.05) is 22.4 Å². The monoisotopic (exact) mass is 340 g/mol. The molecule has 0 saturated heterocycles. The fraction of sp³-hybridized carbons (Fsp3) is 0.467. The highest BCUT2D eigenvalue weighted by Gasteiger charge is 2.05. The molecule has 2 N–H and O–H groups in total. The Balaban J connectivity index is 2.22. The fourth-order valence-corrected chi connectivity index (χ4v) is 2.31. The van der Waals surface area contributed by atoms with Crippen LogP contribution in [0.5, 0.6) is 0 Å². The fourth-order valence-electron chi connectivity index (χ4n) is 1.83. The second-order valence-corrected chi connectivity index (χ2v) is 5.72. The number of rotatable bonds is 7. The van der Waals surface area contributed by atoms with Crippen LogP contribution in [-0.2, 0) is 9.59 Å². The van der Waals surface area contributed by atoms with E-state index in [-0.39, 0.29) is 11.8 Å². The number of hydrogen-bond acceptors (Lipinski definition) is 2. The van der Waals surface area contributed by atoms with Crippen molar-refractivity contribution in [2.75, 3.05) is 11.9 Å². The lowest BCUT2D eigenvalue weighted by molar-refractivity contribution is -0.119. The normalized spacial score (nSPS) is 10.2. The number of benzene rings is 1. The van der Waals surface area contributed by atoms with E-state index in [0.717, 1.165) is 35.0 Å². The summed E-state index contributed by atoms with van der Waals surface area (Å²) in [4.78, 5) is 22.5. The Morgan fingerprint density at radius 1 is 1.20 bits per heavy atom. The lowest BCUT2D eigenvalue weighted by atomic mass is 10.1. The molecule has 1 aromatic rings. The zero-order chi connectivity index (χ0) is 15.0. The van der Waals surface area contributed by atoms with Gasteiger partial charge < -0.3 is 10.6 Å². The molecule has 1 aromatic carbocycles. The first kappa shape index (κ1) is 16.7. The number of nitrogens with one attached hydrogen (secondary N) is 2. The van der Waals surface area contributed by atoms with Crippen LogP contribution in [0.2, 0.25) is 0 Å². The van der Waals surface area contributed by atoms with Gasteiger partial charge in [-0.3, -0.25) is 9.59 Å². The number of halogens is 1. The maximum Gasteiger partial charge on any atom is 0.224 e. The molecular weight excluding hydrogens is 320 g/mol. The van der Waals surface area contributed by atoms with Gasteiger partial charge in [-0.25, -0.2) is 0 Å². The highest BCUT2D eigenvalue weighted by Crippen LogP contribution is 2.20. The van der Waals surface area contributed by atoms with Crippen LogP contribution < -0.4 is 10.6 Å². The van der Waals surface area contributed by atoms with Crippen molar-refractivity contribution in [1.82, 2.24) is 5.32 Å². The molecule has 0 unspecified atom stereocenters. The van der Waals surface area contributed by atoms with Crippen molar-refractivity contribution in [3.05, 3.63) is 28.2 Å². The van der Waals surface area contributed by atoms with Crippen molar-refractivity contribution in [2.45, 2.75) is 39.5 Å². The quantitative estimate of drug-likeness (QED) is 0.747. The van der Waals surface area contributed by atoms with Crippen LogP contribution in [0.25, 0.3) is 0 Å². The molecule has 0 spiro atoms. The maximum absolute atomic E-state index is 11.8. The average molecular weight is 341 g/mol. The lowest BCUT2D eigenvalue weighted by Gasteiger charge is -2.08. The number of amides is 2. The molecule has 0 aliphatic carbocycles. The van der Waals surface area contributed by atoms with Crippen LogP contribution in [0.15, 0.2) is 22.7 Å². The topological polar surface area (TPSA) is 58.2 Å². The number of carbonyl (C=O) groups excluding carboxylic acids is 2. The third-order valence-electron chi connectivity index (χ3n) is 2.92. The summed E-state index contributed by atoms with van der Waals surface area (Å²) in [5.74, 6) is 0.0309. The molecule has 0 saturated carbocycles. The second-order valence-electron chi connectivity index (χ2n) is 4.80. The van der Waals surface area contributed by atoms with Gasteiger partial charge in [-0.15, -0.1) is 0 Å². The molecule has 0 bridgehead atoms. The van der Waals surface area contributed by atoms with Gasteiger partial charge in [-0.05, 0) is 43.5 Å². The molecule has 0 aromatic heterocycles. The Morgan fingerprint density at radius 3 is 2.60 bits per heavy atom. The molecule has 20 heavy (non-hydrogen) atoms. The van der Waals surface area contributed by atoms with Crippen molar-refractivity contribution < 1.29 is 9.59 Å². The van der Waals surface area contributed by atoms with Gasteiger partial charge in [0.15, 0.2) is 0 Å². The summed E-state index contributed by atoms with van der Waals surface area (Å²) in [6.45, 7) is 4.16. The second kappa shape index (κ2) is 8.74. The first-order valence-corrected chi connectivity index (χ1v) is 7.59. The SMILES string of the molecule is CC(=O)NCCCCCC(=O)Nc1ccc(Br)cc1C. The standard InChI is InChI=1S/C15H21BrN2O2/c1-11-10-13(16)7-8-14(11)18-15(20)6-4-3-5-9-17-12(2)19/h7-8,10H,3-6,9H2,1-2H3,(H,17,19)(H,18,20). The number of unbranched alkanes of at least 4 members (excludes halogenated alkanes) is 2. The Hall–Kier alpha value is -1.36. The van der Waals surface area contributed by atoms with E-state index in [1.54, 1.807) is 0 Å². The van der Waals surface area contributed by atoms with Crippen molar-refractivity contribution >= 4 is 33.4 Å². The molecule has 0 radical (unpaired) electrons. The van der Waals surface area contributed by atoms with Gasteiger partial charge in [-0.2, -0.15) is 0 Å². The highest BCUT2D eigenvalue weighted by atomic mass is 79.9. The van der Waals surface area contributed by atoms with Crippen molar-refractivity contribution in [3.8, 4) is 0 Å². The van der Waals surface area contributed by atoms with Crippen LogP contribution >= 0.6 is 15.9 Å². The van der Waals surface area contributed by atoms with Crippen LogP contribution in [0.4, 0.5) is 5.69 Å². The van der Waals surface area contributed by atoms with E-state index in [4.69, 9.17) is 0 Å². The minimum Gasteiger partial charge on any atom is -0.356 e. The summed E-state index contributed by atoms with van der Waals surface area (Å²) < 4.78 is 1.01. The predicted molar refractivity (Wildman–Crippen MR) is 84.7 cm³/mol. The predicted octanol–water partition coefficient (Wildman–Crippen LogP) is 3.39. The minimum absolute atomic E-state index is 0.00606. The van der Waals surface area contributed by atoms with E-state index in [0.29, 0.717) is 13.0 Å². The van der Waals surface area contributed by atoms with Gasteiger partial charge in [0.25, 0.3) is 0 Å². The van der Waals surface area contributed by atoms with Crippen LogP contribution in [0.3, 0.4) is 0 Å². The van der Waals surface area contributed by atoms with Crippen LogP contribution in [-0.4, -0.2) is 18.4 Å². The zero-order valence-electron chi connectivity index (χ0n) is 12.0. The summed E-state index contributed by atoms with van der Waals surface area (Å²) in [6, 6.07) is 5.78. The van der Waals surface area contributed by atoms with Crippen LogP contribution in [0.1, 0.15) is 38.2 Å². The summed E-state index contributed by atoms with van der Waals surface area (Å²) in [7, 11) is 0. The Kier molecular flexibility index (Phi) is 7.30. The Labute approximate surface area is 128 Å². The molecule has 0 fully saturated rings. The molecule has 0 aliphatic rings. The molecule has 4 nitrogen and oxygen atoms in total. The summed E-state index contributed by atoms with van der Waals surface area (Å²) >= 11 is 3.40. The number of anilines is 1. The molecule has 5 heteroatoms. The van der Waals surface area contributed by atoms with E-state index in [9.17, 15) is 9.59 Å². The highest BCUT2D eigenvalue weighted by molar-refractivity contribution is 9.10. The average Bonchev–Trinajstić information content (AvgIpc) is 2.36. The Morgan fingerprint density at radius 2 is 1.95 bits per heavy atom. The van der Waals surface area contributed by atoms with Crippen LogP contribution in [0, 0.1) is 6.92 Å². The minimum atomic E-state index is -0.00606. The van der Waals surface area contributed by atoms with Crippen molar-refractivity contribution in [1.29, 1.82) is 0 Å². The molecule has 0 aliphatic heterocycles. The van der Waals surface area contributed by atoms with Gasteiger partial charge >= 0.3 is 0 Å². The summed E-state index contributed by atoms with van der Waals surface area (Å²) in [6.07, 6.45) is 3.19. The third kappa shape index (κ3) is 6.70. The molecule has 0 atom stereocenters. The van der Waals surface area contributed by atoms with E-state index >= 15 is 0 Å². The molecule has 1 rings (SSSR count). The van der Waals surface area contributed by atoms with E-state index in [1.165, 1.54) is 6.92 Å². The number of carbonyl (C=O) groups is 2. The molecule has 2 amide bonds. The first-order valence-electron chi connectivity index (χ1n) is 6.79. The summed E-state index contributed by atoms with van der Waals surface area (Å²) in [5, 5.41) is 5.66. The number of aryl methyl sites for hydroxylation is 1. The van der Waals surface area contributed by atoms with Gasteiger partial charge in [0.1, 0.15) is 0 Å². The third-order valence-corrected chi connectivity index (χ3v) is 3.41. The van der Waals surface area contributed by atoms with E-state index in [2.05, 4.69) is 26.6 Å². The largest absolute Gasteiger partial charge is 0.356 e. The Bertz CT molecular complexity index is 475. The van der Waals surface area contributed by atoms with Gasteiger partial charge in [0, 0.05) is 30.0 Å². The summed E-state index contributed by atoms with van der Waals surface area (Å²) in [5.41, 5.74) is 1.90. The smallest absolute Gasteiger partial charge is 0.224 e. The molecular formula is C15H21BrN2O2. The van der Waals surface area contributed by atoms with Gasteiger partial charge in [0.05, 0.1) is 0 Å². The van der Waals surface area contributed by atoms with Crippen molar-refractivity contribution in [3.63, 3.8) is 0 Å². The zero-order valence-corrected chi connectivity index (χ0v) is 13.5. The molecule has 110 valence electrons. The van der Waals surface area contributed by atoms with E-state index in [1.807, 2.05) is 25.1 Å². The van der Waals surface area contributed by atoms with E-state index < -0.39 is 0 Å². The van der Waals surface area contributed by atoms with Crippen molar-refractivity contribution in [2.24, 2.45) is 0 Å². The first-order chi connectivity index (χ1) is 9.49. The lowest BCUT2D eigenvalue weighted by Crippen LogP contribution is -2.20. The molecule has 0 heterocycles. The number of hydrogen-bond donors (Lipinski definition) is 2. The van der Waals surface area contributed by atoms with Gasteiger partial charge in [0.2, 0.25) is 11.8 Å². The maximum atomic E-state index is 11.8.